The Balaban J connectivity index is 1.93. The largest absolute Gasteiger partial charge is 0.496 e. The Morgan fingerprint density at radius 1 is 1.21 bits per heavy atom. The van der Waals surface area contributed by atoms with E-state index in [0.717, 1.165) is 24.1 Å². The minimum Gasteiger partial charge on any atom is -0.496 e. The molecule has 1 aliphatic rings. The van der Waals surface area contributed by atoms with Gasteiger partial charge < -0.3 is 19.9 Å². The number of rotatable bonds is 12. The topological polar surface area (TPSA) is 103 Å². The van der Waals surface area contributed by atoms with Crippen LogP contribution in [0.5, 0.6) is 11.5 Å². The molecule has 2 unspecified atom stereocenters. The first-order valence-electron chi connectivity index (χ1n) is 11.5. The fourth-order valence-electron chi connectivity index (χ4n) is 4.08. The number of nitrogens with zero attached hydrogens (tertiary/aromatic N) is 2. The average molecular weight is 458 g/mol. The quantitative estimate of drug-likeness (QED) is 0.494. The van der Waals surface area contributed by atoms with Crippen LogP contribution in [-0.4, -0.2) is 47.0 Å². The lowest BCUT2D eigenvalue weighted by Crippen LogP contribution is -2.37. The number of aliphatic carboxylic acids is 1. The number of aromatic nitrogens is 2. The number of carbonyl (C=O) groups is 2. The molecule has 0 bridgehead atoms. The van der Waals surface area contributed by atoms with Crippen LogP contribution in [-0.2, 0) is 11.3 Å². The summed E-state index contributed by atoms with van der Waals surface area (Å²) < 4.78 is 13.0. The molecule has 2 aromatic rings. The summed E-state index contributed by atoms with van der Waals surface area (Å²) in [6, 6.07) is 6.84. The molecule has 8 nitrogen and oxygen atoms in total. The first-order valence-corrected chi connectivity index (χ1v) is 11.5. The lowest BCUT2D eigenvalue weighted by molar-refractivity contribution is -0.137. The molecule has 1 heterocycles. The molecule has 0 spiro atoms. The van der Waals surface area contributed by atoms with Crippen LogP contribution in [0, 0.1) is 17.8 Å². The predicted molar refractivity (Wildman–Crippen MR) is 126 cm³/mol. The summed E-state index contributed by atoms with van der Waals surface area (Å²) in [6.45, 7) is 7.05. The van der Waals surface area contributed by atoms with Crippen LogP contribution in [0.1, 0.15) is 56.9 Å². The highest BCUT2D eigenvalue weighted by Gasteiger charge is 2.34. The summed E-state index contributed by atoms with van der Waals surface area (Å²) in [7, 11) is 3.20. The van der Waals surface area contributed by atoms with Crippen molar-refractivity contribution in [3.05, 3.63) is 30.0 Å². The summed E-state index contributed by atoms with van der Waals surface area (Å²) in [6.07, 6.45) is 2.44. The molecule has 1 fully saturated rings. The number of carboxylic acids is 1. The van der Waals surface area contributed by atoms with Gasteiger partial charge in [-0.05, 0) is 55.2 Å². The number of ether oxygens (including phenoxy) is 2. The molecule has 1 saturated carbocycles. The number of amides is 1. The summed E-state index contributed by atoms with van der Waals surface area (Å²) in [4.78, 5) is 24.4. The molecule has 3 atom stereocenters. The van der Waals surface area contributed by atoms with Crippen molar-refractivity contribution in [2.75, 3.05) is 14.2 Å². The van der Waals surface area contributed by atoms with Crippen LogP contribution in [0.2, 0.25) is 0 Å². The Bertz CT molecular complexity index is 962. The number of carboxylic acid groups (broad SMARTS) is 1. The molecule has 2 N–H and O–H groups in total. The van der Waals surface area contributed by atoms with Gasteiger partial charge in [-0.1, -0.05) is 26.8 Å². The zero-order chi connectivity index (χ0) is 24.1. The third kappa shape index (κ3) is 6.27. The Labute approximate surface area is 195 Å². The lowest BCUT2D eigenvalue weighted by Gasteiger charge is -2.17. The van der Waals surface area contributed by atoms with Crippen molar-refractivity contribution >= 4 is 11.9 Å². The van der Waals surface area contributed by atoms with E-state index in [9.17, 15) is 14.7 Å². The SMILES string of the molecule is COc1cccc(OC)c1-c1cc(C(=O)N[C@@H](CCC(C)C)CC(=O)O)nn1CC1CC1C. The number of benzene rings is 1. The van der Waals surface area contributed by atoms with Gasteiger partial charge in [0, 0.05) is 12.6 Å². The number of hydrogen-bond donors (Lipinski definition) is 2. The minimum atomic E-state index is -0.934. The Kier molecular flexibility index (Phi) is 8.00. The second-order valence-corrected chi connectivity index (χ2v) is 9.35. The maximum Gasteiger partial charge on any atom is 0.305 e. The second kappa shape index (κ2) is 10.7. The van der Waals surface area contributed by atoms with Crippen LogP contribution in [0.4, 0.5) is 0 Å². The van der Waals surface area contributed by atoms with Crippen molar-refractivity contribution in [2.45, 2.75) is 59.0 Å². The van der Waals surface area contributed by atoms with E-state index in [4.69, 9.17) is 9.47 Å². The molecule has 1 amide bonds. The highest BCUT2D eigenvalue weighted by atomic mass is 16.5. The highest BCUT2D eigenvalue weighted by Crippen LogP contribution is 2.42. The van der Waals surface area contributed by atoms with Crippen LogP contribution in [0.3, 0.4) is 0 Å². The Morgan fingerprint density at radius 3 is 2.36 bits per heavy atom. The first kappa shape index (κ1) is 24.6. The molecule has 1 aromatic heterocycles. The Morgan fingerprint density at radius 2 is 1.85 bits per heavy atom. The van der Waals surface area contributed by atoms with E-state index in [0.29, 0.717) is 42.2 Å². The first-order chi connectivity index (χ1) is 15.7. The summed E-state index contributed by atoms with van der Waals surface area (Å²) in [5, 5.41) is 16.8. The normalized spacial score (nSPS) is 18.1. The van der Waals surface area contributed by atoms with Crippen LogP contribution < -0.4 is 14.8 Å². The molecule has 0 aliphatic heterocycles. The molecule has 3 rings (SSSR count). The van der Waals surface area contributed by atoms with Gasteiger partial charge >= 0.3 is 5.97 Å². The molecule has 8 heteroatoms. The molecule has 0 saturated heterocycles. The van der Waals surface area contributed by atoms with Crippen molar-refractivity contribution in [2.24, 2.45) is 17.8 Å². The van der Waals surface area contributed by atoms with Gasteiger partial charge in [-0.15, -0.1) is 0 Å². The average Bonchev–Trinajstić information content (AvgIpc) is 3.29. The van der Waals surface area contributed by atoms with Gasteiger partial charge in [-0.3, -0.25) is 14.3 Å². The van der Waals surface area contributed by atoms with Gasteiger partial charge in [0.2, 0.25) is 0 Å². The number of hydrogen-bond acceptors (Lipinski definition) is 5. The fourth-order valence-corrected chi connectivity index (χ4v) is 4.08. The maximum absolute atomic E-state index is 13.1. The number of methoxy groups -OCH3 is 2. The summed E-state index contributed by atoms with van der Waals surface area (Å²) in [5.41, 5.74) is 1.74. The van der Waals surface area contributed by atoms with Crippen LogP contribution in [0.15, 0.2) is 24.3 Å². The second-order valence-electron chi connectivity index (χ2n) is 9.35. The molecule has 1 aromatic carbocycles. The third-order valence-corrected chi connectivity index (χ3v) is 6.23. The molecule has 1 aliphatic carbocycles. The monoisotopic (exact) mass is 457 g/mol. The summed E-state index contributed by atoms with van der Waals surface area (Å²) >= 11 is 0. The van der Waals surface area contributed by atoms with Gasteiger partial charge in [-0.25, -0.2) is 0 Å². The van der Waals surface area contributed by atoms with Gasteiger partial charge in [0.15, 0.2) is 5.69 Å². The van der Waals surface area contributed by atoms with E-state index >= 15 is 0 Å². The maximum atomic E-state index is 13.1. The van der Waals surface area contributed by atoms with E-state index in [-0.39, 0.29) is 18.0 Å². The standard InChI is InChI=1S/C25H35N3O5/c1-15(2)9-10-18(12-23(29)30)26-25(31)19-13-20(28(27-19)14-17-11-16(17)3)24-21(32-4)7-6-8-22(24)33-5/h6-8,13,15-18H,9-12,14H2,1-5H3,(H,26,31)(H,29,30)/t16?,17?,18-/m0/s1. The Hall–Kier alpha value is -3.03. The molecular weight excluding hydrogens is 422 g/mol. The number of nitrogens with one attached hydrogen (secondary N) is 1. The van der Waals surface area contributed by atoms with Gasteiger partial charge in [0.25, 0.3) is 5.91 Å². The summed E-state index contributed by atoms with van der Waals surface area (Å²) in [5.74, 6) is 1.50. The minimum absolute atomic E-state index is 0.119. The lowest BCUT2D eigenvalue weighted by atomic mass is 10.0. The fraction of sp³-hybridized carbons (Fsp3) is 0.560. The molecule has 180 valence electrons. The van der Waals surface area contributed by atoms with Crippen molar-refractivity contribution in [3.63, 3.8) is 0 Å². The van der Waals surface area contributed by atoms with Gasteiger partial charge in [-0.2, -0.15) is 5.10 Å². The highest BCUT2D eigenvalue weighted by molar-refractivity contribution is 5.94. The van der Waals surface area contributed by atoms with Gasteiger partial charge in [0.05, 0.1) is 31.9 Å². The van der Waals surface area contributed by atoms with Crippen LogP contribution in [0.25, 0.3) is 11.3 Å². The predicted octanol–water partition coefficient (Wildman–Crippen LogP) is 4.23. The van der Waals surface area contributed by atoms with Crippen molar-refractivity contribution in [3.8, 4) is 22.8 Å². The van der Waals surface area contributed by atoms with Crippen molar-refractivity contribution < 1.29 is 24.2 Å². The van der Waals surface area contributed by atoms with Crippen molar-refractivity contribution in [1.29, 1.82) is 0 Å². The number of carbonyl (C=O) groups excluding carboxylic acids is 1. The molecule has 33 heavy (non-hydrogen) atoms. The van der Waals surface area contributed by atoms with E-state index < -0.39 is 12.0 Å². The van der Waals surface area contributed by atoms with E-state index in [1.165, 1.54) is 0 Å². The molecule has 0 radical (unpaired) electrons. The van der Waals surface area contributed by atoms with E-state index in [1.807, 2.05) is 22.9 Å². The smallest absolute Gasteiger partial charge is 0.305 e. The third-order valence-electron chi connectivity index (χ3n) is 6.23. The zero-order valence-electron chi connectivity index (χ0n) is 20.1. The van der Waals surface area contributed by atoms with E-state index in [1.54, 1.807) is 20.3 Å². The van der Waals surface area contributed by atoms with Crippen molar-refractivity contribution in [1.82, 2.24) is 15.1 Å². The van der Waals surface area contributed by atoms with Crippen LogP contribution >= 0.6 is 0 Å². The molecular formula is C25H35N3O5. The van der Waals surface area contributed by atoms with Gasteiger partial charge in [0.1, 0.15) is 11.5 Å². The zero-order valence-corrected chi connectivity index (χ0v) is 20.1. The van der Waals surface area contributed by atoms with E-state index in [2.05, 4.69) is 31.2 Å².